The molecule has 0 aliphatic rings. The monoisotopic (exact) mass is 545 g/mol. The first kappa shape index (κ1) is 28.2. The largest absolute Gasteiger partial charge is 0.489 e. The Morgan fingerprint density at radius 2 is 1.79 bits per heavy atom. The molecule has 0 atom stereocenters. The number of thiophene rings is 1. The number of ether oxygens (including phenoxy) is 3. The van der Waals surface area contributed by atoms with Crippen molar-refractivity contribution < 1.29 is 23.8 Å². The Balaban J connectivity index is 1.55. The van der Waals surface area contributed by atoms with Gasteiger partial charge < -0.3 is 19.5 Å². The van der Waals surface area contributed by atoms with E-state index in [1.165, 1.54) is 4.70 Å². The van der Waals surface area contributed by atoms with Gasteiger partial charge in [0.15, 0.2) is 0 Å². The van der Waals surface area contributed by atoms with Gasteiger partial charge in [0.2, 0.25) is 0 Å². The SMILES string of the molecule is CCOC(=O)Cc1ccc(C)cc1OCc1cc(-c2cccc(CNC(=O)OC(C)(C)C)c2)c2sccc2c1. The fourth-order valence-electron chi connectivity index (χ4n) is 4.25. The van der Waals surface area contributed by atoms with E-state index >= 15 is 0 Å². The summed E-state index contributed by atoms with van der Waals surface area (Å²) in [6.45, 7) is 10.4. The Morgan fingerprint density at radius 3 is 2.56 bits per heavy atom. The van der Waals surface area contributed by atoms with Crippen LogP contribution in [0.15, 0.2) is 66.0 Å². The molecule has 4 rings (SSSR count). The summed E-state index contributed by atoms with van der Waals surface area (Å²) in [7, 11) is 0. The zero-order valence-corrected chi connectivity index (χ0v) is 23.9. The predicted molar refractivity (Wildman–Crippen MR) is 156 cm³/mol. The summed E-state index contributed by atoms with van der Waals surface area (Å²) in [5.74, 6) is 0.416. The zero-order chi connectivity index (χ0) is 28.0. The maximum absolute atomic E-state index is 12.1. The summed E-state index contributed by atoms with van der Waals surface area (Å²) in [5.41, 5.74) is 5.49. The van der Waals surface area contributed by atoms with Crippen LogP contribution in [0.3, 0.4) is 0 Å². The van der Waals surface area contributed by atoms with Gasteiger partial charge in [0, 0.05) is 16.8 Å². The summed E-state index contributed by atoms with van der Waals surface area (Å²) in [5, 5.41) is 6.07. The van der Waals surface area contributed by atoms with Crippen LogP contribution < -0.4 is 10.1 Å². The molecule has 1 aromatic heterocycles. The Labute approximate surface area is 233 Å². The number of benzene rings is 3. The smallest absolute Gasteiger partial charge is 0.407 e. The summed E-state index contributed by atoms with van der Waals surface area (Å²) in [4.78, 5) is 24.2. The maximum atomic E-state index is 12.1. The van der Waals surface area contributed by atoms with Crippen LogP contribution in [-0.4, -0.2) is 24.3 Å². The normalized spacial score (nSPS) is 11.3. The van der Waals surface area contributed by atoms with Crippen LogP contribution in [0.4, 0.5) is 4.79 Å². The van der Waals surface area contributed by atoms with Crippen molar-refractivity contribution in [3.8, 4) is 16.9 Å². The molecule has 39 heavy (non-hydrogen) atoms. The molecule has 0 saturated heterocycles. The highest BCUT2D eigenvalue weighted by atomic mass is 32.1. The van der Waals surface area contributed by atoms with Crippen LogP contribution in [0.5, 0.6) is 5.75 Å². The Hall–Kier alpha value is -3.84. The molecule has 0 fully saturated rings. The number of amides is 1. The van der Waals surface area contributed by atoms with Crippen molar-refractivity contribution in [2.45, 2.75) is 59.8 Å². The average molecular weight is 546 g/mol. The fourth-order valence-corrected chi connectivity index (χ4v) is 5.17. The standard InChI is InChI=1S/C32H35NO5S/c1-6-36-29(34)18-25-11-10-21(2)14-28(25)37-20-23-16-26-12-13-39-30(26)27(17-23)24-9-7-8-22(15-24)19-33-31(35)38-32(3,4)5/h7-17H,6,18-20H2,1-5H3,(H,33,35). The zero-order valence-electron chi connectivity index (χ0n) is 23.1. The second-order valence-electron chi connectivity index (χ2n) is 10.4. The van der Waals surface area contributed by atoms with Crippen molar-refractivity contribution in [3.05, 3.63) is 88.3 Å². The van der Waals surface area contributed by atoms with E-state index in [9.17, 15) is 9.59 Å². The second-order valence-corrected chi connectivity index (χ2v) is 11.3. The van der Waals surface area contributed by atoms with Crippen molar-refractivity contribution >= 4 is 33.5 Å². The molecule has 0 unspecified atom stereocenters. The number of fused-ring (bicyclic) bond motifs is 1. The molecule has 1 heterocycles. The van der Waals surface area contributed by atoms with Crippen LogP contribution in [0, 0.1) is 6.92 Å². The molecule has 6 nitrogen and oxygen atoms in total. The van der Waals surface area contributed by atoms with Gasteiger partial charge in [-0.05, 0) is 104 Å². The lowest BCUT2D eigenvalue weighted by molar-refractivity contribution is -0.142. The lowest BCUT2D eigenvalue weighted by atomic mass is 9.99. The number of esters is 1. The van der Waals surface area contributed by atoms with E-state index < -0.39 is 11.7 Å². The van der Waals surface area contributed by atoms with Gasteiger partial charge in [-0.2, -0.15) is 0 Å². The molecule has 0 aliphatic carbocycles. The number of nitrogens with one attached hydrogen (secondary N) is 1. The number of hydrogen-bond donors (Lipinski definition) is 1. The van der Waals surface area contributed by atoms with Gasteiger partial charge in [0.05, 0.1) is 13.0 Å². The van der Waals surface area contributed by atoms with E-state index in [0.29, 0.717) is 25.5 Å². The Kier molecular flexibility index (Phi) is 8.92. The summed E-state index contributed by atoms with van der Waals surface area (Å²) < 4.78 is 17.9. The number of hydrogen-bond acceptors (Lipinski definition) is 6. The van der Waals surface area contributed by atoms with Gasteiger partial charge >= 0.3 is 12.1 Å². The first-order valence-corrected chi connectivity index (χ1v) is 13.9. The quantitative estimate of drug-likeness (QED) is 0.219. The molecule has 3 aromatic carbocycles. The minimum atomic E-state index is -0.544. The lowest BCUT2D eigenvalue weighted by Gasteiger charge is -2.19. The molecule has 4 aromatic rings. The minimum Gasteiger partial charge on any atom is -0.489 e. The third kappa shape index (κ3) is 7.83. The number of rotatable bonds is 9. The third-order valence-electron chi connectivity index (χ3n) is 5.94. The van der Waals surface area contributed by atoms with Crippen molar-refractivity contribution in [1.82, 2.24) is 5.32 Å². The molecule has 204 valence electrons. The third-order valence-corrected chi connectivity index (χ3v) is 6.91. The van der Waals surface area contributed by atoms with Crippen LogP contribution in [0.25, 0.3) is 21.2 Å². The van der Waals surface area contributed by atoms with Crippen molar-refractivity contribution in [1.29, 1.82) is 0 Å². The highest BCUT2D eigenvalue weighted by molar-refractivity contribution is 7.17. The highest BCUT2D eigenvalue weighted by Crippen LogP contribution is 2.35. The van der Waals surface area contributed by atoms with Gasteiger partial charge in [0.1, 0.15) is 18.0 Å². The van der Waals surface area contributed by atoms with Crippen molar-refractivity contribution in [2.75, 3.05) is 6.61 Å². The first-order valence-electron chi connectivity index (χ1n) is 13.1. The highest BCUT2D eigenvalue weighted by Gasteiger charge is 2.16. The van der Waals surface area contributed by atoms with Gasteiger partial charge in [-0.15, -0.1) is 11.3 Å². The van der Waals surface area contributed by atoms with Crippen LogP contribution >= 0.6 is 11.3 Å². The Morgan fingerprint density at radius 1 is 0.974 bits per heavy atom. The summed E-state index contributed by atoms with van der Waals surface area (Å²) in [6, 6.07) is 20.4. The van der Waals surface area contributed by atoms with Crippen LogP contribution in [0.1, 0.15) is 49.9 Å². The van der Waals surface area contributed by atoms with E-state index in [1.54, 1.807) is 18.3 Å². The lowest BCUT2D eigenvalue weighted by Crippen LogP contribution is -2.32. The Bertz CT molecular complexity index is 1470. The van der Waals surface area contributed by atoms with Crippen LogP contribution in [0.2, 0.25) is 0 Å². The van der Waals surface area contributed by atoms with E-state index in [0.717, 1.165) is 38.8 Å². The van der Waals surface area contributed by atoms with Gasteiger partial charge in [-0.25, -0.2) is 4.79 Å². The predicted octanol–water partition coefficient (Wildman–Crippen LogP) is 7.59. The van der Waals surface area contributed by atoms with E-state index in [2.05, 4.69) is 41.0 Å². The van der Waals surface area contributed by atoms with Gasteiger partial charge in [0.25, 0.3) is 0 Å². The molecule has 1 N–H and O–H groups in total. The van der Waals surface area contributed by atoms with E-state index in [1.807, 2.05) is 58.0 Å². The summed E-state index contributed by atoms with van der Waals surface area (Å²) >= 11 is 1.70. The number of carbonyl (C=O) groups is 2. The van der Waals surface area contributed by atoms with Gasteiger partial charge in [-0.1, -0.05) is 30.3 Å². The fraction of sp³-hybridized carbons (Fsp3) is 0.312. The number of carbonyl (C=O) groups excluding carboxylic acids is 2. The first-order chi connectivity index (χ1) is 18.6. The topological polar surface area (TPSA) is 73.9 Å². The van der Waals surface area contributed by atoms with E-state index in [4.69, 9.17) is 14.2 Å². The molecule has 1 amide bonds. The number of alkyl carbamates (subject to hydrolysis) is 1. The summed E-state index contributed by atoms with van der Waals surface area (Å²) in [6.07, 6.45) is -0.270. The maximum Gasteiger partial charge on any atom is 0.407 e. The second kappa shape index (κ2) is 12.3. The molecule has 0 spiro atoms. The average Bonchev–Trinajstić information content (AvgIpc) is 3.35. The van der Waals surface area contributed by atoms with Crippen LogP contribution in [-0.2, 0) is 33.8 Å². The molecule has 0 aliphatic heterocycles. The molecule has 0 radical (unpaired) electrons. The van der Waals surface area contributed by atoms with Crippen molar-refractivity contribution in [3.63, 3.8) is 0 Å². The minimum absolute atomic E-state index is 0.169. The number of aryl methyl sites for hydroxylation is 1. The molecule has 0 saturated carbocycles. The van der Waals surface area contributed by atoms with E-state index in [-0.39, 0.29) is 12.4 Å². The van der Waals surface area contributed by atoms with Crippen molar-refractivity contribution in [2.24, 2.45) is 0 Å². The van der Waals surface area contributed by atoms with Gasteiger partial charge in [-0.3, -0.25) is 4.79 Å². The molecular weight excluding hydrogens is 510 g/mol. The molecule has 0 bridgehead atoms. The molecular formula is C32H35NO5S. The molecule has 7 heteroatoms.